The van der Waals surface area contributed by atoms with Gasteiger partial charge >= 0.3 is 5.97 Å². The van der Waals surface area contributed by atoms with Crippen LogP contribution in [0.2, 0.25) is 0 Å². The third-order valence-electron chi connectivity index (χ3n) is 5.57. The maximum Gasteiger partial charge on any atom is 0.303 e. The molecule has 0 saturated heterocycles. The fraction of sp³-hybridized carbons (Fsp3) is 0.727. The minimum atomic E-state index is -0.773. The molecule has 1 aliphatic heterocycles. The monoisotopic (exact) mass is 407 g/mol. The molecule has 0 spiro atoms. The maximum absolute atomic E-state index is 10.7. The van der Waals surface area contributed by atoms with Crippen molar-refractivity contribution in [2.45, 2.75) is 83.0 Å². The second-order valence-electron chi connectivity index (χ2n) is 7.76. The largest absolute Gasteiger partial charge is 0.481 e. The number of aliphatic carboxylic acids is 1. The van der Waals surface area contributed by atoms with Gasteiger partial charge in [-0.3, -0.25) is 9.79 Å². The fourth-order valence-electron chi connectivity index (χ4n) is 4.19. The van der Waals surface area contributed by atoms with Gasteiger partial charge in [0.15, 0.2) is 0 Å². The summed E-state index contributed by atoms with van der Waals surface area (Å²) in [4.78, 5) is 15.5. The van der Waals surface area contributed by atoms with Crippen LogP contribution in [0.25, 0.3) is 0 Å². The summed E-state index contributed by atoms with van der Waals surface area (Å²) in [7, 11) is 0. The molecule has 2 aliphatic rings. The van der Waals surface area contributed by atoms with Gasteiger partial charge in [0.05, 0.1) is 17.3 Å². The number of carboxylic acid groups (broad SMARTS) is 1. The lowest BCUT2D eigenvalue weighted by Gasteiger charge is -2.22. The highest BCUT2D eigenvalue weighted by molar-refractivity contribution is 8.13. The van der Waals surface area contributed by atoms with Gasteiger partial charge in [-0.15, -0.1) is 17.7 Å². The Balaban J connectivity index is 2.01. The van der Waals surface area contributed by atoms with Crippen LogP contribution in [-0.4, -0.2) is 49.8 Å². The van der Waals surface area contributed by atoms with E-state index in [0.29, 0.717) is 12.8 Å². The van der Waals surface area contributed by atoms with E-state index in [9.17, 15) is 15.0 Å². The Labute approximate surface area is 172 Å². The molecule has 6 heteroatoms. The number of aliphatic hydroxyl groups excluding tert-OH is 2. The molecule has 0 bridgehead atoms. The first-order valence-corrected chi connectivity index (χ1v) is 11.3. The molecule has 0 aromatic rings. The smallest absolute Gasteiger partial charge is 0.303 e. The zero-order valence-electron chi connectivity index (χ0n) is 16.9. The zero-order chi connectivity index (χ0) is 20.6. The highest BCUT2D eigenvalue weighted by Gasteiger charge is 2.55. The third-order valence-corrected chi connectivity index (χ3v) is 6.65. The molecule has 28 heavy (non-hydrogen) atoms. The molecule has 1 saturated carbocycles. The molecular weight excluding hydrogens is 374 g/mol. The summed E-state index contributed by atoms with van der Waals surface area (Å²) in [5, 5.41) is 30.6. The van der Waals surface area contributed by atoms with E-state index in [2.05, 4.69) is 18.8 Å². The van der Waals surface area contributed by atoms with Crippen molar-refractivity contribution in [2.24, 2.45) is 16.8 Å². The van der Waals surface area contributed by atoms with Crippen molar-refractivity contribution >= 4 is 22.8 Å². The summed E-state index contributed by atoms with van der Waals surface area (Å²) < 4.78 is 0. The third kappa shape index (κ3) is 6.10. The predicted molar refractivity (Wildman–Crippen MR) is 114 cm³/mol. The van der Waals surface area contributed by atoms with E-state index < -0.39 is 23.7 Å². The summed E-state index contributed by atoms with van der Waals surface area (Å²) >= 11 is 1.61. The van der Waals surface area contributed by atoms with Gasteiger partial charge in [-0.05, 0) is 25.5 Å². The molecule has 0 radical (unpaired) electrons. The molecule has 2 rings (SSSR count). The fourth-order valence-corrected chi connectivity index (χ4v) is 5.24. The number of hydrogen-bond donors (Lipinski definition) is 3. The van der Waals surface area contributed by atoms with Gasteiger partial charge in [-0.25, -0.2) is 0 Å². The summed E-state index contributed by atoms with van der Waals surface area (Å²) in [5.41, 5.74) is -0.550. The van der Waals surface area contributed by atoms with Gasteiger partial charge in [-0.1, -0.05) is 44.3 Å². The van der Waals surface area contributed by atoms with Crippen LogP contribution in [-0.2, 0) is 4.79 Å². The highest BCUT2D eigenvalue weighted by atomic mass is 32.2. The van der Waals surface area contributed by atoms with Crippen LogP contribution in [0.1, 0.15) is 65.2 Å². The standard InChI is InChI=1S/C22H33NO4S/c1-3-5-6-8-16(24)10-11-17-18-14-20(28-13-7-9-21(26)27)23-22(18,12-4-2)15-19(17)25/h10-11,16-19,24-25H,3,5-9,13-15H2,1-2H3,(H,26,27)/b11-10+. The number of carbonyl (C=O) groups is 1. The highest BCUT2D eigenvalue weighted by Crippen LogP contribution is 2.50. The first kappa shape index (κ1) is 23.0. The lowest BCUT2D eigenvalue weighted by Crippen LogP contribution is -2.27. The zero-order valence-corrected chi connectivity index (χ0v) is 17.7. The van der Waals surface area contributed by atoms with Crippen LogP contribution in [0.5, 0.6) is 0 Å². The summed E-state index contributed by atoms with van der Waals surface area (Å²) in [6, 6.07) is 0. The van der Waals surface area contributed by atoms with E-state index in [-0.39, 0.29) is 18.3 Å². The summed E-state index contributed by atoms with van der Waals surface area (Å²) in [6.45, 7) is 3.94. The van der Waals surface area contributed by atoms with Crippen LogP contribution in [0.4, 0.5) is 0 Å². The van der Waals surface area contributed by atoms with Gasteiger partial charge in [0.1, 0.15) is 5.54 Å². The van der Waals surface area contributed by atoms with Crippen molar-refractivity contribution in [2.75, 3.05) is 5.75 Å². The first-order valence-electron chi connectivity index (χ1n) is 10.3. The number of thioether (sulfide) groups is 1. The average Bonchev–Trinajstić information content (AvgIpc) is 3.08. The van der Waals surface area contributed by atoms with Crippen molar-refractivity contribution in [1.82, 2.24) is 0 Å². The predicted octanol–water partition coefficient (Wildman–Crippen LogP) is 3.64. The number of carboxylic acids is 1. The van der Waals surface area contributed by atoms with E-state index in [4.69, 9.17) is 10.1 Å². The molecule has 5 unspecified atom stereocenters. The molecule has 156 valence electrons. The second-order valence-corrected chi connectivity index (χ2v) is 8.93. The van der Waals surface area contributed by atoms with Crippen LogP contribution >= 0.6 is 11.8 Å². The number of rotatable bonds is 10. The molecule has 0 aromatic heterocycles. The summed E-state index contributed by atoms with van der Waals surface area (Å²) in [6.07, 6.45) is 8.87. The molecule has 5 atom stereocenters. The minimum absolute atomic E-state index is 0.0671. The lowest BCUT2D eigenvalue weighted by molar-refractivity contribution is -0.137. The van der Waals surface area contributed by atoms with Gasteiger partial charge in [0.2, 0.25) is 0 Å². The Bertz CT molecular complexity index is 651. The Morgan fingerprint density at radius 1 is 1.43 bits per heavy atom. The number of fused-ring (bicyclic) bond motifs is 1. The summed E-state index contributed by atoms with van der Waals surface area (Å²) in [5.74, 6) is 6.23. The number of hydrogen-bond acceptors (Lipinski definition) is 5. The van der Waals surface area contributed by atoms with Crippen molar-refractivity contribution in [3.63, 3.8) is 0 Å². The van der Waals surface area contributed by atoms with Gasteiger partial charge in [-0.2, -0.15) is 0 Å². The molecular formula is C22H33NO4S. The second kappa shape index (κ2) is 11.0. The lowest BCUT2D eigenvalue weighted by atomic mass is 9.83. The molecule has 1 fully saturated rings. The maximum atomic E-state index is 10.7. The normalized spacial score (nSPS) is 30.0. The van der Waals surface area contributed by atoms with E-state index in [1.54, 1.807) is 18.7 Å². The molecule has 0 amide bonds. The van der Waals surface area contributed by atoms with Crippen molar-refractivity contribution in [3.8, 4) is 11.8 Å². The van der Waals surface area contributed by atoms with Crippen molar-refractivity contribution in [3.05, 3.63) is 12.2 Å². The van der Waals surface area contributed by atoms with Crippen LogP contribution in [0.3, 0.4) is 0 Å². The van der Waals surface area contributed by atoms with Gasteiger partial charge < -0.3 is 15.3 Å². The van der Waals surface area contributed by atoms with Crippen LogP contribution in [0.15, 0.2) is 17.1 Å². The molecule has 3 N–H and O–H groups in total. The van der Waals surface area contributed by atoms with E-state index in [1.165, 1.54) is 0 Å². The van der Waals surface area contributed by atoms with Crippen molar-refractivity contribution < 1.29 is 20.1 Å². The number of aliphatic imine (C=N–C) groups is 1. The van der Waals surface area contributed by atoms with E-state index >= 15 is 0 Å². The number of aliphatic hydroxyl groups is 2. The molecule has 0 aromatic carbocycles. The SMILES string of the molecule is CC#CC12CC(O)C(/C=C/C(O)CCCCC)C1CC(SCCCC(=O)O)=N2. The Kier molecular flexibility index (Phi) is 9.07. The molecule has 1 heterocycles. The van der Waals surface area contributed by atoms with Crippen LogP contribution in [0, 0.1) is 23.7 Å². The van der Waals surface area contributed by atoms with Gasteiger partial charge in [0, 0.05) is 31.1 Å². The van der Waals surface area contributed by atoms with E-state index in [1.807, 2.05) is 12.2 Å². The average molecular weight is 408 g/mol. The Morgan fingerprint density at radius 3 is 2.89 bits per heavy atom. The Morgan fingerprint density at radius 2 is 2.21 bits per heavy atom. The molecule has 5 nitrogen and oxygen atoms in total. The topological polar surface area (TPSA) is 90.1 Å². The quantitative estimate of drug-likeness (QED) is 0.292. The first-order chi connectivity index (χ1) is 13.4. The number of nitrogens with zero attached hydrogens (tertiary/aromatic N) is 1. The number of unbranched alkanes of at least 4 members (excludes halogenated alkanes) is 2. The van der Waals surface area contributed by atoms with Gasteiger partial charge in [0.25, 0.3) is 0 Å². The van der Waals surface area contributed by atoms with E-state index in [0.717, 1.165) is 42.9 Å². The molecule has 1 aliphatic carbocycles. The minimum Gasteiger partial charge on any atom is -0.481 e. The Hall–Kier alpha value is -1.29. The van der Waals surface area contributed by atoms with Crippen LogP contribution < -0.4 is 0 Å². The van der Waals surface area contributed by atoms with Crippen molar-refractivity contribution in [1.29, 1.82) is 0 Å².